The van der Waals surface area contributed by atoms with Crippen molar-refractivity contribution < 1.29 is 28.2 Å². The number of amides is 1. The second-order valence-electron chi connectivity index (χ2n) is 9.42. The highest BCUT2D eigenvalue weighted by Crippen LogP contribution is 2.36. The van der Waals surface area contributed by atoms with Crippen LogP contribution in [0.15, 0.2) is 42.5 Å². The lowest BCUT2D eigenvalue weighted by Gasteiger charge is -2.26. The minimum Gasteiger partial charge on any atom is -0.465 e. The van der Waals surface area contributed by atoms with E-state index in [1.54, 1.807) is 6.07 Å². The van der Waals surface area contributed by atoms with E-state index in [1.807, 2.05) is 31.2 Å². The summed E-state index contributed by atoms with van der Waals surface area (Å²) in [7, 11) is 1.32. The first kappa shape index (κ1) is 27.3. The zero-order valence-corrected chi connectivity index (χ0v) is 21.2. The lowest BCUT2D eigenvalue weighted by molar-refractivity contribution is -0.148. The maximum Gasteiger partial charge on any atom is 0.348 e. The maximum absolute atomic E-state index is 14.2. The summed E-state index contributed by atoms with van der Waals surface area (Å²) < 4.78 is 33.2. The third-order valence-electron chi connectivity index (χ3n) is 6.80. The van der Waals surface area contributed by atoms with Crippen LogP contribution in [0, 0.1) is 5.92 Å². The normalized spacial score (nSPS) is 19.1. The highest BCUT2D eigenvalue weighted by Gasteiger charge is 2.52. The van der Waals surface area contributed by atoms with E-state index in [0.717, 1.165) is 24.1 Å². The van der Waals surface area contributed by atoms with Crippen molar-refractivity contribution in [1.82, 2.24) is 4.90 Å². The van der Waals surface area contributed by atoms with Crippen molar-refractivity contribution in [1.29, 1.82) is 0 Å². The number of halogens is 2. The number of methoxy groups -OCH3 is 1. The molecule has 1 saturated heterocycles. The van der Waals surface area contributed by atoms with Crippen molar-refractivity contribution >= 4 is 23.2 Å². The Labute approximate surface area is 210 Å². The molecule has 0 radical (unpaired) electrons. The molecule has 0 aliphatic carbocycles. The van der Waals surface area contributed by atoms with Gasteiger partial charge in [0, 0.05) is 23.9 Å². The molecule has 2 aromatic rings. The van der Waals surface area contributed by atoms with Crippen LogP contribution in [-0.2, 0) is 22.4 Å². The fourth-order valence-corrected chi connectivity index (χ4v) is 5.64. The highest BCUT2D eigenvalue weighted by molar-refractivity contribution is 7.13. The summed E-state index contributed by atoms with van der Waals surface area (Å²) in [6.07, 6.45) is 3.54. The van der Waals surface area contributed by atoms with Gasteiger partial charge in [-0.05, 0) is 68.6 Å². The van der Waals surface area contributed by atoms with Gasteiger partial charge in [-0.2, -0.15) is 8.78 Å². The number of rotatable bonds is 13. The van der Waals surface area contributed by atoms with E-state index in [2.05, 4.69) is 12.1 Å². The van der Waals surface area contributed by atoms with Crippen LogP contribution in [0.25, 0.3) is 0 Å². The summed E-state index contributed by atoms with van der Waals surface area (Å²) in [6.45, 7) is 2.22. The van der Waals surface area contributed by atoms with Crippen LogP contribution in [-0.4, -0.2) is 53.6 Å². The number of hydrogen-bond acceptors (Lipinski definition) is 5. The van der Waals surface area contributed by atoms with Crippen LogP contribution in [0.4, 0.5) is 8.78 Å². The lowest BCUT2D eigenvalue weighted by atomic mass is 9.92. The number of likely N-dealkylation sites (tertiary alicyclic amines) is 1. The van der Waals surface area contributed by atoms with Crippen molar-refractivity contribution in [2.45, 2.75) is 76.4 Å². The Kier molecular flexibility index (Phi) is 9.80. The van der Waals surface area contributed by atoms with Crippen LogP contribution in [0.3, 0.4) is 0 Å². The topological polar surface area (TPSA) is 66.8 Å². The molecule has 0 spiro atoms. The number of ether oxygens (including phenoxy) is 1. The number of esters is 1. The Morgan fingerprint density at radius 1 is 1.17 bits per heavy atom. The van der Waals surface area contributed by atoms with Gasteiger partial charge in [-0.3, -0.25) is 4.79 Å². The molecule has 1 aromatic heterocycles. The third kappa shape index (κ3) is 7.58. The number of aryl methyl sites for hydroxylation is 2. The van der Waals surface area contributed by atoms with Gasteiger partial charge < -0.3 is 14.7 Å². The minimum absolute atomic E-state index is 0.0626. The Balaban J connectivity index is 1.46. The van der Waals surface area contributed by atoms with Gasteiger partial charge in [0.25, 0.3) is 5.91 Å². The van der Waals surface area contributed by atoms with E-state index >= 15 is 0 Å². The van der Waals surface area contributed by atoms with Crippen molar-refractivity contribution in [3.8, 4) is 0 Å². The van der Waals surface area contributed by atoms with Crippen molar-refractivity contribution in [2.75, 3.05) is 13.7 Å². The van der Waals surface area contributed by atoms with Gasteiger partial charge in [0.15, 0.2) is 0 Å². The number of thiophene rings is 1. The summed E-state index contributed by atoms with van der Waals surface area (Å²) in [4.78, 5) is 26.7. The Morgan fingerprint density at radius 2 is 1.91 bits per heavy atom. The van der Waals surface area contributed by atoms with Crippen LogP contribution >= 0.6 is 11.3 Å². The number of hydrogen-bond donors (Lipinski definition) is 1. The molecule has 0 bridgehead atoms. The molecule has 1 amide bonds. The van der Waals surface area contributed by atoms with E-state index in [-0.39, 0.29) is 12.5 Å². The fourth-order valence-electron chi connectivity index (χ4n) is 4.67. The number of alkyl halides is 2. The molecule has 0 saturated carbocycles. The monoisotopic (exact) mass is 507 g/mol. The molecule has 3 rings (SSSR count). The second kappa shape index (κ2) is 12.6. The molecule has 1 aliphatic heterocycles. The fraction of sp³-hybridized carbons (Fsp3) is 0.556. The number of benzene rings is 1. The molecule has 35 heavy (non-hydrogen) atoms. The van der Waals surface area contributed by atoms with Gasteiger partial charge in [0.2, 0.25) is 0 Å². The van der Waals surface area contributed by atoms with Crippen LogP contribution < -0.4 is 0 Å². The SMILES string of the molecule is COC(=O)c1ccc(CCCN2C(=O)C(F)(F)CC2CC[C@@H](O)[C@H](C)CCCc2ccccc2)s1. The molecule has 8 heteroatoms. The quantitative estimate of drug-likeness (QED) is 0.364. The summed E-state index contributed by atoms with van der Waals surface area (Å²) in [5.41, 5.74) is 1.26. The van der Waals surface area contributed by atoms with E-state index < -0.39 is 36.4 Å². The number of carbonyl (C=O) groups excluding carboxylic acids is 2. The maximum atomic E-state index is 14.2. The lowest BCUT2D eigenvalue weighted by Crippen LogP contribution is -2.37. The Morgan fingerprint density at radius 3 is 2.63 bits per heavy atom. The highest BCUT2D eigenvalue weighted by atomic mass is 32.1. The number of nitrogens with zero attached hydrogens (tertiary/aromatic N) is 1. The smallest absolute Gasteiger partial charge is 0.348 e. The minimum atomic E-state index is -3.35. The van der Waals surface area contributed by atoms with E-state index in [1.165, 1.54) is 28.9 Å². The molecule has 1 aromatic carbocycles. The molecule has 1 fully saturated rings. The van der Waals surface area contributed by atoms with Gasteiger partial charge in [-0.1, -0.05) is 37.3 Å². The predicted molar refractivity (Wildman–Crippen MR) is 133 cm³/mol. The van der Waals surface area contributed by atoms with Crippen LogP contribution in [0.5, 0.6) is 0 Å². The standard InChI is InChI=1S/C27H35F2NO4S/c1-19(8-6-11-20-9-4-3-5-10-20)23(31)15-13-21-18-27(28,29)26(33)30(21)17-7-12-22-14-16-24(35-22)25(32)34-2/h3-5,9-10,14,16,19,21,23,31H,6-8,11-13,15,17-18H2,1-2H3/t19-,21?,23-/m1/s1. The predicted octanol–water partition coefficient (Wildman–Crippen LogP) is 5.50. The zero-order valence-electron chi connectivity index (χ0n) is 20.4. The zero-order chi connectivity index (χ0) is 25.4. The second-order valence-corrected chi connectivity index (χ2v) is 10.6. The van der Waals surface area contributed by atoms with Gasteiger partial charge in [0.1, 0.15) is 4.88 Å². The van der Waals surface area contributed by atoms with E-state index in [4.69, 9.17) is 4.74 Å². The largest absolute Gasteiger partial charge is 0.465 e. The first-order valence-electron chi connectivity index (χ1n) is 12.3. The molecule has 1 unspecified atom stereocenters. The first-order chi connectivity index (χ1) is 16.7. The van der Waals surface area contributed by atoms with Crippen LogP contribution in [0.2, 0.25) is 0 Å². The Bertz CT molecular complexity index is 965. The molecule has 5 nitrogen and oxygen atoms in total. The molecule has 1 N–H and O–H groups in total. The molecular formula is C27H35F2NO4S. The third-order valence-corrected chi connectivity index (χ3v) is 7.92. The van der Waals surface area contributed by atoms with Gasteiger partial charge in [0.05, 0.1) is 13.2 Å². The summed E-state index contributed by atoms with van der Waals surface area (Å²) in [5, 5.41) is 10.6. The number of carbonyl (C=O) groups is 2. The number of aliphatic hydroxyl groups excluding tert-OH is 1. The average Bonchev–Trinajstić information content (AvgIpc) is 3.40. The van der Waals surface area contributed by atoms with Crippen LogP contribution in [0.1, 0.15) is 65.6 Å². The van der Waals surface area contributed by atoms with Crippen molar-refractivity contribution in [2.24, 2.45) is 5.92 Å². The van der Waals surface area contributed by atoms with Crippen molar-refractivity contribution in [3.05, 3.63) is 57.8 Å². The summed E-state index contributed by atoms with van der Waals surface area (Å²) in [5.74, 6) is -4.80. The summed E-state index contributed by atoms with van der Waals surface area (Å²) in [6, 6.07) is 13.1. The molecule has 2 heterocycles. The first-order valence-corrected chi connectivity index (χ1v) is 13.1. The Hall–Kier alpha value is -2.32. The van der Waals surface area contributed by atoms with Gasteiger partial charge in [-0.15, -0.1) is 11.3 Å². The molecular weight excluding hydrogens is 472 g/mol. The molecule has 1 aliphatic rings. The van der Waals surface area contributed by atoms with Gasteiger partial charge >= 0.3 is 11.9 Å². The van der Waals surface area contributed by atoms with E-state index in [9.17, 15) is 23.5 Å². The molecule has 3 atom stereocenters. The summed E-state index contributed by atoms with van der Waals surface area (Å²) >= 11 is 1.31. The number of aliphatic hydroxyl groups is 1. The molecule has 192 valence electrons. The average molecular weight is 508 g/mol. The van der Waals surface area contributed by atoms with Gasteiger partial charge in [-0.25, -0.2) is 4.79 Å². The van der Waals surface area contributed by atoms with E-state index in [0.29, 0.717) is 30.6 Å². The van der Waals surface area contributed by atoms with Crippen molar-refractivity contribution in [3.63, 3.8) is 0 Å².